The van der Waals surface area contributed by atoms with Crippen LogP contribution in [-0.2, 0) is 28.3 Å². The van der Waals surface area contributed by atoms with Crippen molar-refractivity contribution in [2.24, 2.45) is 18.5 Å². The number of carbonyl (C=O) groups excluding carboxylic acids is 1. The van der Waals surface area contributed by atoms with Gasteiger partial charge in [-0.25, -0.2) is 13.2 Å². The Labute approximate surface area is 223 Å². The lowest BCUT2D eigenvalue weighted by Gasteiger charge is -2.16. The molecule has 0 bridgehead atoms. The zero-order chi connectivity index (χ0) is 27.4. The number of thiophene rings is 1. The number of anilines is 1. The van der Waals surface area contributed by atoms with Gasteiger partial charge in [-0.15, -0.1) is 11.3 Å². The van der Waals surface area contributed by atoms with Crippen LogP contribution in [0.4, 0.5) is 5.69 Å². The standard InChI is InChI=1S/C23H29N7O6S2/c1-30-12-15(11-27-30)14-9-13-4-7-36-19(13)18(10-14)38(34,35)29-16-5-8-37-20(16)21(31)28-17(22(32)33)3-2-6-26-23(24)25/h5,8-12,17,23,26,29H,2-4,6-7,24-25H2,1H3,(H,28,31)(H,32,33)/t17-/m0/s1. The van der Waals surface area contributed by atoms with Gasteiger partial charge in [-0.05, 0) is 54.1 Å². The summed E-state index contributed by atoms with van der Waals surface area (Å²) in [5.74, 6) is -1.66. The summed E-state index contributed by atoms with van der Waals surface area (Å²) in [4.78, 5) is 24.6. The predicted octanol–water partition coefficient (Wildman–Crippen LogP) is 0.638. The zero-order valence-electron chi connectivity index (χ0n) is 20.5. The number of fused-ring (bicyclic) bond motifs is 1. The second kappa shape index (κ2) is 11.5. The summed E-state index contributed by atoms with van der Waals surface area (Å²) >= 11 is 0.988. The lowest BCUT2D eigenvalue weighted by atomic mass is 10.0. The minimum Gasteiger partial charge on any atom is -0.492 e. The Bertz CT molecular complexity index is 1430. The number of nitrogens with one attached hydrogen (secondary N) is 3. The van der Waals surface area contributed by atoms with Crippen LogP contribution < -0.4 is 31.6 Å². The summed E-state index contributed by atoms with van der Waals surface area (Å²) in [5, 5.41) is 20.5. The molecule has 2 aromatic heterocycles. The zero-order valence-corrected chi connectivity index (χ0v) is 22.1. The predicted molar refractivity (Wildman–Crippen MR) is 141 cm³/mol. The third-order valence-corrected chi connectivity index (χ3v) is 8.13. The molecule has 0 saturated carbocycles. The Morgan fingerprint density at radius 3 is 2.76 bits per heavy atom. The van der Waals surface area contributed by atoms with Gasteiger partial charge < -0.3 is 26.6 Å². The van der Waals surface area contributed by atoms with E-state index in [0.717, 1.165) is 22.5 Å². The fourth-order valence-electron chi connectivity index (χ4n) is 4.03. The highest BCUT2D eigenvalue weighted by Gasteiger charge is 2.29. The Morgan fingerprint density at radius 1 is 1.29 bits per heavy atom. The van der Waals surface area contributed by atoms with Crippen LogP contribution >= 0.6 is 11.3 Å². The van der Waals surface area contributed by atoms with Crippen molar-refractivity contribution in [3.63, 3.8) is 0 Å². The van der Waals surface area contributed by atoms with E-state index in [4.69, 9.17) is 16.2 Å². The van der Waals surface area contributed by atoms with Crippen LogP contribution in [0.25, 0.3) is 11.1 Å². The molecule has 8 N–H and O–H groups in total. The summed E-state index contributed by atoms with van der Waals surface area (Å²) in [6.45, 7) is 0.718. The first-order chi connectivity index (χ1) is 18.0. The molecule has 38 heavy (non-hydrogen) atoms. The molecule has 0 aliphatic carbocycles. The summed E-state index contributed by atoms with van der Waals surface area (Å²) in [6.07, 6.45) is 3.76. The van der Waals surface area contributed by atoms with E-state index in [1.165, 1.54) is 12.1 Å². The molecular formula is C23H29N7O6S2. The van der Waals surface area contributed by atoms with Gasteiger partial charge in [0.2, 0.25) is 0 Å². The molecule has 3 aromatic rings. The number of amides is 1. The number of aliphatic carboxylic acids is 1. The monoisotopic (exact) mass is 563 g/mol. The first-order valence-electron chi connectivity index (χ1n) is 11.7. The van der Waals surface area contributed by atoms with Crippen molar-refractivity contribution in [3.8, 4) is 16.9 Å². The number of hydrogen-bond acceptors (Lipinski definition) is 10. The number of carboxylic acids is 1. The highest BCUT2D eigenvalue weighted by molar-refractivity contribution is 7.92. The van der Waals surface area contributed by atoms with E-state index in [2.05, 4.69) is 20.5 Å². The van der Waals surface area contributed by atoms with Gasteiger partial charge in [-0.2, -0.15) is 5.10 Å². The maximum atomic E-state index is 13.5. The molecule has 1 aliphatic heterocycles. The number of nitrogens with two attached hydrogens (primary N) is 2. The molecule has 0 spiro atoms. The third kappa shape index (κ3) is 6.31. The first-order valence-corrected chi connectivity index (χ1v) is 14.1. The molecular weight excluding hydrogens is 534 g/mol. The van der Waals surface area contributed by atoms with Gasteiger partial charge >= 0.3 is 5.97 Å². The maximum Gasteiger partial charge on any atom is 0.326 e. The number of carbonyl (C=O) groups is 2. The molecule has 0 saturated heterocycles. The van der Waals surface area contributed by atoms with E-state index in [9.17, 15) is 23.1 Å². The number of ether oxygens (including phenoxy) is 1. The number of rotatable bonds is 12. The largest absolute Gasteiger partial charge is 0.492 e. The lowest BCUT2D eigenvalue weighted by molar-refractivity contribution is -0.139. The quantitative estimate of drug-likeness (QED) is 0.134. The van der Waals surface area contributed by atoms with Crippen LogP contribution in [0.1, 0.15) is 28.1 Å². The van der Waals surface area contributed by atoms with Crippen molar-refractivity contribution in [2.45, 2.75) is 36.5 Å². The van der Waals surface area contributed by atoms with Gasteiger partial charge in [0.25, 0.3) is 15.9 Å². The highest BCUT2D eigenvalue weighted by atomic mass is 32.2. The number of hydrogen-bond donors (Lipinski definition) is 6. The molecule has 13 nitrogen and oxygen atoms in total. The van der Waals surface area contributed by atoms with Crippen LogP contribution in [0.15, 0.2) is 40.9 Å². The lowest BCUT2D eigenvalue weighted by Crippen LogP contribution is -2.46. The molecule has 15 heteroatoms. The van der Waals surface area contributed by atoms with Crippen LogP contribution in [-0.4, -0.2) is 60.7 Å². The number of benzene rings is 1. The molecule has 0 fully saturated rings. The molecule has 3 heterocycles. The van der Waals surface area contributed by atoms with E-state index in [1.807, 2.05) is 6.07 Å². The van der Waals surface area contributed by atoms with Crippen molar-refractivity contribution in [3.05, 3.63) is 46.4 Å². The first kappa shape index (κ1) is 27.5. The fourth-order valence-corrected chi connectivity index (χ4v) is 6.13. The highest BCUT2D eigenvalue weighted by Crippen LogP contribution is 2.38. The molecule has 4 rings (SSSR count). The normalized spacial score (nSPS) is 13.7. The van der Waals surface area contributed by atoms with Gasteiger partial charge in [0.05, 0.1) is 18.5 Å². The second-order valence-electron chi connectivity index (χ2n) is 8.72. The second-order valence-corrected chi connectivity index (χ2v) is 11.3. The van der Waals surface area contributed by atoms with Crippen LogP contribution in [0, 0.1) is 0 Å². The maximum absolute atomic E-state index is 13.5. The van der Waals surface area contributed by atoms with Crippen molar-refractivity contribution < 1.29 is 27.9 Å². The smallest absolute Gasteiger partial charge is 0.326 e. The number of carboxylic acid groups (broad SMARTS) is 1. The van der Waals surface area contributed by atoms with Crippen LogP contribution in [0.5, 0.6) is 5.75 Å². The minimum atomic E-state index is -4.18. The van der Waals surface area contributed by atoms with Gasteiger partial charge in [-0.1, -0.05) is 0 Å². The molecule has 1 atom stereocenters. The Balaban J connectivity index is 1.54. The van der Waals surface area contributed by atoms with E-state index >= 15 is 0 Å². The number of sulfonamides is 1. The van der Waals surface area contributed by atoms with E-state index < -0.39 is 34.2 Å². The fraction of sp³-hybridized carbons (Fsp3) is 0.348. The Hall–Kier alpha value is -3.50. The molecule has 1 amide bonds. The number of aromatic nitrogens is 2. The SMILES string of the molecule is Cn1cc(-c2cc3c(c(S(=O)(=O)Nc4ccsc4C(=O)N[C@@H](CCCNC(N)N)C(=O)O)c2)OCC3)cn1. The Morgan fingerprint density at radius 2 is 2.08 bits per heavy atom. The summed E-state index contributed by atoms with van der Waals surface area (Å²) in [7, 11) is -2.41. The van der Waals surface area contributed by atoms with Crippen molar-refractivity contribution in [1.82, 2.24) is 20.4 Å². The number of nitrogens with zero attached hydrogens (tertiary/aromatic N) is 2. The molecule has 204 valence electrons. The van der Waals surface area contributed by atoms with Crippen molar-refractivity contribution in [1.29, 1.82) is 0 Å². The molecule has 1 aromatic carbocycles. The van der Waals surface area contributed by atoms with Crippen molar-refractivity contribution in [2.75, 3.05) is 17.9 Å². The van der Waals surface area contributed by atoms with Gasteiger partial charge in [0, 0.05) is 25.2 Å². The molecule has 0 radical (unpaired) electrons. The summed E-state index contributed by atoms with van der Waals surface area (Å²) in [5.41, 5.74) is 13.0. The average Bonchev–Trinajstić information content (AvgIpc) is 3.60. The topological polar surface area (TPSA) is 204 Å². The third-order valence-electron chi connectivity index (χ3n) is 5.85. The van der Waals surface area contributed by atoms with Gasteiger partial charge in [0.1, 0.15) is 27.9 Å². The average molecular weight is 564 g/mol. The summed E-state index contributed by atoms with van der Waals surface area (Å²) < 4.78 is 36.8. The molecule has 0 unspecified atom stereocenters. The van der Waals surface area contributed by atoms with E-state index in [0.29, 0.717) is 31.6 Å². The van der Waals surface area contributed by atoms with Crippen LogP contribution in [0.2, 0.25) is 0 Å². The molecule has 1 aliphatic rings. The van der Waals surface area contributed by atoms with Crippen LogP contribution in [0.3, 0.4) is 0 Å². The number of aryl methyl sites for hydroxylation is 1. The Kier molecular flexibility index (Phi) is 8.32. The van der Waals surface area contributed by atoms with Crippen molar-refractivity contribution >= 4 is 38.9 Å². The minimum absolute atomic E-state index is 0.0305. The van der Waals surface area contributed by atoms with Gasteiger partial charge in [0.15, 0.2) is 0 Å². The van der Waals surface area contributed by atoms with E-state index in [-0.39, 0.29) is 27.6 Å². The summed E-state index contributed by atoms with van der Waals surface area (Å²) in [6, 6.07) is 3.66. The van der Waals surface area contributed by atoms with E-state index in [1.54, 1.807) is 29.5 Å². The van der Waals surface area contributed by atoms with Gasteiger partial charge in [-0.3, -0.25) is 19.5 Å².